The number of phenolic OH excluding ortho intramolecular Hbond substituents is 1. The molecule has 0 bridgehead atoms. The van der Waals surface area contributed by atoms with Crippen LogP contribution in [0.1, 0.15) is 41.0 Å². The molecule has 2 fully saturated rings. The molecule has 1 N–H and O–H groups in total. The molecule has 2 heterocycles. The van der Waals surface area contributed by atoms with Gasteiger partial charge in [-0.15, -0.1) is 0 Å². The number of carbonyl (C=O) groups excluding carboxylic acids is 4. The zero-order valence-corrected chi connectivity index (χ0v) is 30.5. The number of fused-ring (bicyclic) bond motifs is 5. The van der Waals surface area contributed by atoms with E-state index < -0.39 is 35.0 Å². The number of para-hydroxylation sites is 3. The maximum atomic E-state index is 15.2. The number of nitrogens with zero attached hydrogens (tertiary/aromatic N) is 2. The molecule has 1 saturated heterocycles. The van der Waals surface area contributed by atoms with Crippen molar-refractivity contribution in [2.75, 3.05) is 4.90 Å². The lowest BCUT2D eigenvalue weighted by Gasteiger charge is -2.55. The number of aromatic nitrogens is 1. The molecule has 1 aliphatic heterocycles. The Morgan fingerprint density at radius 1 is 0.750 bits per heavy atom. The third-order valence-electron chi connectivity index (χ3n) is 12.6. The second kappa shape index (κ2) is 12.7. The number of oxazole rings is 1. The molecule has 6 atom stereocenters. The lowest BCUT2D eigenvalue weighted by atomic mass is 9.44. The first-order chi connectivity index (χ1) is 27.3. The standard InChI is InChI=1S/C48H36N2O6/c1-27-11-10-16-34(43(27)52)42-32-23-24-33-41(47(55)50(46(33)54)31-21-19-29(20-22-31)45-49-38-17-8-9-18-39(38)56-45)36(32)25-37-44(53)35(28-12-4-2-5-13-28)26-40(51)48(37,42)30-14-6-3-7-15-30/h2-23,26,33,36-37,41-42,52H,24-25H2,1H3/t33-,36+,37-,41-,42+,48-/m0/s1. The minimum Gasteiger partial charge on any atom is -0.507 e. The Bertz CT molecular complexity index is 2640. The number of carbonyl (C=O) groups is 4. The average Bonchev–Trinajstić information content (AvgIpc) is 3.78. The Hall–Kier alpha value is -6.67. The van der Waals surface area contributed by atoms with Crippen molar-refractivity contribution < 1.29 is 28.7 Å². The zero-order valence-electron chi connectivity index (χ0n) is 30.5. The van der Waals surface area contributed by atoms with Crippen molar-refractivity contribution >= 4 is 45.7 Å². The van der Waals surface area contributed by atoms with E-state index in [0.717, 1.165) is 11.1 Å². The van der Waals surface area contributed by atoms with Crippen LogP contribution in [-0.4, -0.2) is 33.5 Å². The first-order valence-corrected chi connectivity index (χ1v) is 19.0. The highest BCUT2D eigenvalue weighted by atomic mass is 16.3. The van der Waals surface area contributed by atoms with E-state index in [1.165, 1.54) is 11.0 Å². The third-order valence-corrected chi connectivity index (χ3v) is 12.6. The number of anilines is 1. The maximum Gasteiger partial charge on any atom is 0.238 e. The van der Waals surface area contributed by atoms with Gasteiger partial charge in [0.1, 0.15) is 11.3 Å². The highest BCUT2D eigenvalue weighted by Gasteiger charge is 2.66. The number of hydrogen-bond donors (Lipinski definition) is 1. The quantitative estimate of drug-likeness (QED) is 0.139. The van der Waals surface area contributed by atoms with E-state index >= 15 is 9.59 Å². The van der Waals surface area contributed by atoms with Crippen molar-refractivity contribution in [1.82, 2.24) is 4.98 Å². The predicted octanol–water partition coefficient (Wildman–Crippen LogP) is 8.54. The number of benzene rings is 5. The van der Waals surface area contributed by atoms with Gasteiger partial charge in [0.15, 0.2) is 17.1 Å². The molecular formula is C48H36N2O6. The van der Waals surface area contributed by atoms with Gasteiger partial charge in [0, 0.05) is 28.5 Å². The second-order valence-electron chi connectivity index (χ2n) is 15.3. The Labute approximate surface area is 322 Å². The van der Waals surface area contributed by atoms with Crippen molar-refractivity contribution in [2.45, 2.75) is 31.1 Å². The van der Waals surface area contributed by atoms with E-state index in [1.807, 2.05) is 116 Å². The normalized spacial score (nSPS) is 25.7. The van der Waals surface area contributed by atoms with E-state index in [4.69, 9.17) is 4.42 Å². The van der Waals surface area contributed by atoms with Gasteiger partial charge in [0.05, 0.1) is 22.9 Å². The number of phenols is 1. The summed E-state index contributed by atoms with van der Waals surface area (Å²) in [5.74, 6) is -4.22. The van der Waals surface area contributed by atoms with Gasteiger partial charge in [-0.25, -0.2) is 4.98 Å². The summed E-state index contributed by atoms with van der Waals surface area (Å²) in [5.41, 5.74) is 4.73. The van der Waals surface area contributed by atoms with Gasteiger partial charge in [-0.3, -0.25) is 24.1 Å². The minimum atomic E-state index is -1.41. The Morgan fingerprint density at radius 2 is 1.46 bits per heavy atom. The molecule has 0 radical (unpaired) electrons. The fraction of sp³-hybridized carbons (Fsp3) is 0.188. The minimum absolute atomic E-state index is 0.0443. The maximum absolute atomic E-state index is 15.2. The van der Waals surface area contributed by atoms with Gasteiger partial charge in [-0.1, -0.05) is 103 Å². The van der Waals surface area contributed by atoms with Gasteiger partial charge < -0.3 is 9.52 Å². The number of allylic oxidation sites excluding steroid dienone is 4. The number of ketones is 2. The molecule has 3 aliphatic carbocycles. The van der Waals surface area contributed by atoms with Crippen LogP contribution in [0.2, 0.25) is 0 Å². The number of aromatic hydroxyl groups is 1. The molecule has 1 aromatic heterocycles. The molecule has 2 amide bonds. The van der Waals surface area contributed by atoms with Crippen LogP contribution in [0, 0.1) is 30.6 Å². The summed E-state index contributed by atoms with van der Waals surface area (Å²) in [6.07, 6.45) is 3.97. The van der Waals surface area contributed by atoms with Crippen LogP contribution in [-0.2, 0) is 24.6 Å². The number of rotatable bonds is 5. The Morgan fingerprint density at radius 3 is 2.21 bits per heavy atom. The number of amides is 2. The number of Topliss-reactive ketones (excluding diaryl/α,β-unsaturated/α-hetero) is 1. The largest absolute Gasteiger partial charge is 0.507 e. The summed E-state index contributed by atoms with van der Waals surface area (Å²) in [7, 11) is 0. The summed E-state index contributed by atoms with van der Waals surface area (Å²) in [5, 5.41) is 11.8. The molecule has 5 aromatic carbocycles. The van der Waals surface area contributed by atoms with E-state index in [9.17, 15) is 14.7 Å². The van der Waals surface area contributed by atoms with E-state index in [-0.39, 0.29) is 42.0 Å². The summed E-state index contributed by atoms with van der Waals surface area (Å²) in [6, 6.07) is 38.6. The monoisotopic (exact) mass is 736 g/mol. The zero-order chi connectivity index (χ0) is 38.3. The van der Waals surface area contributed by atoms with Crippen LogP contribution in [0.4, 0.5) is 5.69 Å². The molecule has 0 spiro atoms. The number of imide groups is 1. The van der Waals surface area contributed by atoms with Crippen LogP contribution in [0.15, 0.2) is 150 Å². The van der Waals surface area contributed by atoms with Gasteiger partial charge in [0.25, 0.3) is 0 Å². The SMILES string of the molecule is Cc1cccc([C@H]2C3=CC[C@@H]4C(=O)N(c5ccc(-c6nc7ccccc7o6)cc5)C(=O)[C@@H]4[C@@H]3C[C@H]3C(=O)C(c4ccccc4)=CC(=O)[C@@]23c2ccccc2)c1O. The number of aryl methyl sites for hydroxylation is 1. The van der Waals surface area contributed by atoms with E-state index in [1.54, 1.807) is 24.3 Å². The van der Waals surface area contributed by atoms with Gasteiger partial charge in [-0.05, 0) is 84.8 Å². The lowest BCUT2D eigenvalue weighted by molar-refractivity contribution is -0.135. The smallest absolute Gasteiger partial charge is 0.238 e. The van der Waals surface area contributed by atoms with Crippen LogP contribution in [0.25, 0.3) is 28.1 Å². The molecular weight excluding hydrogens is 701 g/mol. The van der Waals surface area contributed by atoms with Crippen molar-refractivity contribution in [2.24, 2.45) is 23.7 Å². The molecule has 0 unspecified atom stereocenters. The van der Waals surface area contributed by atoms with Crippen molar-refractivity contribution in [3.8, 4) is 17.2 Å². The van der Waals surface area contributed by atoms with E-state index in [0.29, 0.717) is 50.6 Å². The first-order valence-electron chi connectivity index (χ1n) is 19.0. The molecule has 274 valence electrons. The van der Waals surface area contributed by atoms with Crippen molar-refractivity contribution in [3.63, 3.8) is 0 Å². The summed E-state index contributed by atoms with van der Waals surface area (Å²) in [4.78, 5) is 65.4. The molecule has 10 rings (SSSR count). The first kappa shape index (κ1) is 33.9. The van der Waals surface area contributed by atoms with Crippen LogP contribution in [0.5, 0.6) is 5.75 Å². The summed E-state index contributed by atoms with van der Waals surface area (Å²) in [6.45, 7) is 1.81. The second-order valence-corrected chi connectivity index (χ2v) is 15.3. The van der Waals surface area contributed by atoms with Crippen LogP contribution in [0.3, 0.4) is 0 Å². The van der Waals surface area contributed by atoms with Crippen molar-refractivity contribution in [3.05, 3.63) is 167 Å². The topological polar surface area (TPSA) is 118 Å². The summed E-state index contributed by atoms with van der Waals surface area (Å²) >= 11 is 0. The summed E-state index contributed by atoms with van der Waals surface area (Å²) < 4.78 is 5.96. The molecule has 8 nitrogen and oxygen atoms in total. The van der Waals surface area contributed by atoms with Crippen molar-refractivity contribution in [1.29, 1.82) is 0 Å². The highest BCUT2D eigenvalue weighted by Crippen LogP contribution is 2.64. The van der Waals surface area contributed by atoms with Gasteiger partial charge in [-0.2, -0.15) is 0 Å². The van der Waals surface area contributed by atoms with E-state index in [2.05, 4.69) is 4.98 Å². The molecule has 56 heavy (non-hydrogen) atoms. The fourth-order valence-corrected chi connectivity index (χ4v) is 10.1. The third kappa shape index (κ3) is 4.81. The van der Waals surface area contributed by atoms with Crippen LogP contribution < -0.4 is 4.90 Å². The van der Waals surface area contributed by atoms with Crippen LogP contribution >= 0.6 is 0 Å². The molecule has 8 heteroatoms. The Kier molecular flexibility index (Phi) is 7.68. The lowest BCUT2D eigenvalue weighted by Crippen LogP contribution is -2.58. The molecule has 4 aliphatic rings. The average molecular weight is 737 g/mol. The van der Waals surface area contributed by atoms with Gasteiger partial charge in [0.2, 0.25) is 17.7 Å². The predicted molar refractivity (Wildman–Crippen MR) is 211 cm³/mol. The fourth-order valence-electron chi connectivity index (χ4n) is 10.1. The Balaban J connectivity index is 1.10. The molecule has 6 aromatic rings. The van der Waals surface area contributed by atoms with Gasteiger partial charge >= 0.3 is 0 Å². The highest BCUT2D eigenvalue weighted by molar-refractivity contribution is 6.32. The molecule has 1 saturated carbocycles. The number of hydrogen-bond acceptors (Lipinski definition) is 7.